The average molecular weight is 327 g/mol. The van der Waals surface area contributed by atoms with Gasteiger partial charge in [0.1, 0.15) is 10.8 Å². The maximum Gasteiger partial charge on any atom is 0.334 e. The lowest BCUT2D eigenvalue weighted by Crippen LogP contribution is -2.37. The molecule has 0 saturated heterocycles. The summed E-state index contributed by atoms with van der Waals surface area (Å²) in [7, 11) is 0. The molecule has 10 heteroatoms. The maximum atomic E-state index is 13.6. The zero-order valence-electron chi connectivity index (χ0n) is 10.0. The van der Waals surface area contributed by atoms with Crippen molar-refractivity contribution in [1.82, 2.24) is 9.55 Å². The van der Waals surface area contributed by atoms with Gasteiger partial charge in [-0.15, -0.1) is 0 Å². The van der Waals surface area contributed by atoms with Crippen LogP contribution in [0.1, 0.15) is 5.56 Å². The van der Waals surface area contributed by atoms with Crippen LogP contribution < -0.4 is 11.2 Å². The van der Waals surface area contributed by atoms with E-state index < -0.39 is 51.2 Å². The molecule has 4 nitrogen and oxygen atoms in total. The van der Waals surface area contributed by atoms with E-state index in [2.05, 4.69) is 0 Å². The maximum absolute atomic E-state index is 13.6. The van der Waals surface area contributed by atoms with E-state index in [9.17, 15) is 31.5 Å². The first-order valence-electron chi connectivity index (χ1n) is 5.21. The Morgan fingerprint density at radius 3 is 1.81 bits per heavy atom. The molecule has 0 spiro atoms. The standard InChI is InChI=1S/C11H4ClF5N2O2/c1-2-9(12)18-11(21)19(10(2)20)8-6(16)4(14)3(13)5(15)7(8)17/h1H3,(H,18,21). The molecule has 0 amide bonds. The first-order chi connectivity index (χ1) is 9.68. The Morgan fingerprint density at radius 1 is 0.905 bits per heavy atom. The second-order valence-electron chi connectivity index (χ2n) is 3.93. The molecular formula is C11H4ClF5N2O2. The van der Waals surface area contributed by atoms with E-state index in [1.165, 1.54) is 0 Å². The van der Waals surface area contributed by atoms with Crippen LogP contribution in [0.15, 0.2) is 9.59 Å². The zero-order valence-corrected chi connectivity index (χ0v) is 10.8. The molecule has 1 N–H and O–H groups in total. The number of hydrogen-bond acceptors (Lipinski definition) is 2. The number of nitrogens with zero attached hydrogens (tertiary/aromatic N) is 1. The minimum atomic E-state index is -2.40. The highest BCUT2D eigenvalue weighted by Gasteiger charge is 2.29. The van der Waals surface area contributed by atoms with E-state index in [4.69, 9.17) is 11.6 Å². The predicted octanol–water partition coefficient (Wildman–Crippen LogP) is 2.18. The van der Waals surface area contributed by atoms with E-state index in [0.717, 1.165) is 6.92 Å². The van der Waals surface area contributed by atoms with Crippen molar-refractivity contribution in [2.75, 3.05) is 0 Å². The van der Waals surface area contributed by atoms with Gasteiger partial charge in [0, 0.05) is 0 Å². The Labute approximate surface area is 117 Å². The van der Waals surface area contributed by atoms with Crippen molar-refractivity contribution in [1.29, 1.82) is 0 Å². The highest BCUT2D eigenvalue weighted by atomic mass is 35.5. The van der Waals surface area contributed by atoms with Gasteiger partial charge in [-0.25, -0.2) is 31.3 Å². The predicted molar refractivity (Wildman–Crippen MR) is 62.2 cm³/mol. The molecule has 0 aliphatic carbocycles. The highest BCUT2D eigenvalue weighted by Crippen LogP contribution is 2.24. The average Bonchev–Trinajstić information content (AvgIpc) is 2.44. The smallest absolute Gasteiger partial charge is 0.297 e. The van der Waals surface area contributed by atoms with E-state index in [-0.39, 0.29) is 10.1 Å². The number of rotatable bonds is 1. The van der Waals surface area contributed by atoms with Gasteiger partial charge in [-0.05, 0) is 6.92 Å². The van der Waals surface area contributed by atoms with E-state index in [1.54, 1.807) is 0 Å². The molecule has 0 unspecified atom stereocenters. The third-order valence-corrected chi connectivity index (χ3v) is 3.06. The molecule has 0 atom stereocenters. The van der Waals surface area contributed by atoms with Crippen molar-refractivity contribution < 1.29 is 22.0 Å². The molecule has 0 bridgehead atoms. The number of aromatic nitrogens is 2. The van der Waals surface area contributed by atoms with E-state index in [0.29, 0.717) is 0 Å². The summed E-state index contributed by atoms with van der Waals surface area (Å²) in [5.74, 6) is -11.6. The fourth-order valence-electron chi connectivity index (χ4n) is 1.59. The van der Waals surface area contributed by atoms with Gasteiger partial charge in [0.2, 0.25) is 5.82 Å². The molecular weight excluding hydrogens is 323 g/mol. The fraction of sp³-hybridized carbons (Fsp3) is 0.0909. The molecule has 112 valence electrons. The summed E-state index contributed by atoms with van der Waals surface area (Å²) < 4.78 is 66.2. The first-order valence-corrected chi connectivity index (χ1v) is 5.59. The summed E-state index contributed by atoms with van der Waals surface area (Å²) in [5.41, 5.74) is -4.76. The lowest BCUT2D eigenvalue weighted by atomic mass is 10.2. The zero-order chi connectivity index (χ0) is 16.1. The van der Waals surface area contributed by atoms with Crippen LogP contribution >= 0.6 is 11.6 Å². The van der Waals surface area contributed by atoms with Gasteiger partial charge in [-0.1, -0.05) is 11.6 Å². The lowest BCUT2D eigenvalue weighted by Gasteiger charge is -2.10. The Morgan fingerprint density at radius 2 is 1.33 bits per heavy atom. The molecule has 1 aromatic heterocycles. The van der Waals surface area contributed by atoms with Crippen LogP contribution in [0.4, 0.5) is 22.0 Å². The monoisotopic (exact) mass is 326 g/mol. The first kappa shape index (κ1) is 15.2. The molecule has 2 aromatic rings. The van der Waals surface area contributed by atoms with Gasteiger partial charge in [0.05, 0.1) is 5.56 Å². The van der Waals surface area contributed by atoms with Gasteiger partial charge >= 0.3 is 5.69 Å². The molecule has 0 saturated carbocycles. The summed E-state index contributed by atoms with van der Waals surface area (Å²) in [6, 6.07) is 0. The Hall–Kier alpha value is -2.16. The van der Waals surface area contributed by atoms with Crippen LogP contribution in [0, 0.1) is 36.0 Å². The lowest BCUT2D eigenvalue weighted by molar-refractivity contribution is 0.374. The topological polar surface area (TPSA) is 54.9 Å². The Balaban J connectivity index is 3.04. The molecule has 0 radical (unpaired) electrons. The summed E-state index contributed by atoms with van der Waals surface area (Å²) in [6.45, 7) is 1.10. The van der Waals surface area contributed by atoms with Gasteiger partial charge in [0.25, 0.3) is 5.56 Å². The van der Waals surface area contributed by atoms with Gasteiger partial charge < -0.3 is 0 Å². The second-order valence-corrected chi connectivity index (χ2v) is 4.31. The van der Waals surface area contributed by atoms with E-state index >= 15 is 0 Å². The Bertz CT molecular complexity index is 845. The summed E-state index contributed by atoms with van der Waals surface area (Å²) in [5, 5.41) is -0.412. The quantitative estimate of drug-likeness (QED) is 0.378. The molecule has 0 fully saturated rings. The molecule has 2 rings (SSSR count). The third-order valence-electron chi connectivity index (χ3n) is 2.68. The third kappa shape index (κ3) is 2.13. The number of hydrogen-bond donors (Lipinski definition) is 1. The van der Waals surface area contributed by atoms with Crippen LogP contribution in [-0.2, 0) is 0 Å². The molecule has 1 heterocycles. The van der Waals surface area contributed by atoms with Gasteiger partial charge in [-0.2, -0.15) is 0 Å². The summed E-state index contributed by atoms with van der Waals surface area (Å²) >= 11 is 5.48. The van der Waals surface area contributed by atoms with Crippen molar-refractivity contribution in [3.63, 3.8) is 0 Å². The number of nitrogens with one attached hydrogen (secondary N) is 1. The van der Waals surface area contributed by atoms with Crippen LogP contribution in [0.3, 0.4) is 0 Å². The molecule has 0 aliphatic heterocycles. The number of H-pyrrole nitrogens is 1. The summed E-state index contributed by atoms with van der Waals surface area (Å²) in [6.07, 6.45) is 0. The largest absolute Gasteiger partial charge is 0.334 e. The SMILES string of the molecule is Cc1c(Cl)[nH]c(=O)n(-c2c(F)c(F)c(F)c(F)c2F)c1=O. The number of benzene rings is 1. The van der Waals surface area contributed by atoms with Crippen molar-refractivity contribution in [2.24, 2.45) is 0 Å². The highest BCUT2D eigenvalue weighted by molar-refractivity contribution is 6.30. The summed E-state index contributed by atoms with van der Waals surface area (Å²) in [4.78, 5) is 25.2. The van der Waals surface area contributed by atoms with Crippen molar-refractivity contribution in [3.8, 4) is 5.69 Å². The van der Waals surface area contributed by atoms with Crippen LogP contribution in [0.25, 0.3) is 5.69 Å². The van der Waals surface area contributed by atoms with Crippen molar-refractivity contribution >= 4 is 11.6 Å². The van der Waals surface area contributed by atoms with E-state index in [1.807, 2.05) is 4.98 Å². The van der Waals surface area contributed by atoms with Crippen LogP contribution in [0.2, 0.25) is 5.15 Å². The van der Waals surface area contributed by atoms with Crippen LogP contribution in [-0.4, -0.2) is 9.55 Å². The van der Waals surface area contributed by atoms with Crippen molar-refractivity contribution in [3.05, 3.63) is 60.6 Å². The molecule has 1 aromatic carbocycles. The molecule has 0 aliphatic rings. The second kappa shape index (κ2) is 4.99. The normalized spacial score (nSPS) is 11.0. The van der Waals surface area contributed by atoms with Crippen molar-refractivity contribution in [2.45, 2.75) is 6.92 Å². The number of aromatic amines is 1. The van der Waals surface area contributed by atoms with Gasteiger partial charge in [0.15, 0.2) is 23.3 Å². The number of halogens is 6. The fourth-order valence-corrected chi connectivity index (χ4v) is 1.75. The Kier molecular flexibility index (Phi) is 3.62. The minimum Gasteiger partial charge on any atom is -0.297 e. The van der Waals surface area contributed by atoms with Gasteiger partial charge in [-0.3, -0.25) is 9.78 Å². The minimum absolute atomic E-state index is 0.211. The van der Waals surface area contributed by atoms with Crippen LogP contribution in [0.5, 0.6) is 0 Å². The molecule has 21 heavy (non-hydrogen) atoms.